The molecule has 1 aromatic carbocycles. The largest absolute Gasteiger partial charge is 0.468 e. The number of carbonyl (C=O) groups excluding carboxylic acids is 1. The number of esters is 1. The molecule has 8 atom stereocenters. The lowest BCUT2D eigenvalue weighted by molar-refractivity contribution is -0.179. The molecule has 1 spiro atoms. The van der Waals surface area contributed by atoms with Crippen molar-refractivity contribution in [1.29, 1.82) is 0 Å². The van der Waals surface area contributed by atoms with Crippen molar-refractivity contribution >= 4 is 11.7 Å². The molecule has 5 aliphatic heterocycles. The summed E-state index contributed by atoms with van der Waals surface area (Å²) in [7, 11) is 1.46. The minimum atomic E-state index is -0.848. The summed E-state index contributed by atoms with van der Waals surface area (Å²) in [5.74, 6) is -0.154. The van der Waals surface area contributed by atoms with E-state index >= 15 is 0 Å². The molecule has 0 aromatic heterocycles. The highest BCUT2D eigenvalue weighted by atomic mass is 16.5. The van der Waals surface area contributed by atoms with Gasteiger partial charge in [-0.25, -0.2) is 0 Å². The Bertz CT molecular complexity index is 867. The zero-order valence-corrected chi connectivity index (χ0v) is 15.1. The number of hydrogen-bond donors (Lipinski definition) is 2. The highest BCUT2D eigenvalue weighted by Crippen LogP contribution is 2.71. The van der Waals surface area contributed by atoms with Crippen LogP contribution >= 0.6 is 0 Å². The van der Waals surface area contributed by atoms with Crippen LogP contribution in [0.1, 0.15) is 25.3 Å². The monoisotopic (exact) mass is 352 g/mol. The van der Waals surface area contributed by atoms with Crippen molar-refractivity contribution in [2.45, 2.75) is 49.4 Å². The summed E-state index contributed by atoms with van der Waals surface area (Å²) in [6.45, 7) is 2.96. The van der Waals surface area contributed by atoms with Gasteiger partial charge in [-0.1, -0.05) is 29.8 Å². The molecule has 136 valence electrons. The van der Waals surface area contributed by atoms with Gasteiger partial charge in [-0.2, -0.15) is 0 Å². The Morgan fingerprint density at radius 2 is 2.23 bits per heavy atom. The van der Waals surface area contributed by atoms with Gasteiger partial charge in [-0.3, -0.25) is 9.69 Å². The van der Waals surface area contributed by atoms with E-state index in [-0.39, 0.29) is 24.0 Å². The van der Waals surface area contributed by atoms with E-state index in [1.165, 1.54) is 18.2 Å². The van der Waals surface area contributed by atoms with Crippen molar-refractivity contribution < 1.29 is 14.6 Å². The molecule has 5 heteroatoms. The van der Waals surface area contributed by atoms with Crippen LogP contribution in [0.5, 0.6) is 0 Å². The molecule has 26 heavy (non-hydrogen) atoms. The number of piperidine rings is 4. The van der Waals surface area contributed by atoms with Gasteiger partial charge < -0.3 is 15.2 Å². The molecule has 1 aliphatic carbocycles. The highest BCUT2D eigenvalue weighted by molar-refractivity contribution is 5.84. The number of hydrogen-bond acceptors (Lipinski definition) is 5. The van der Waals surface area contributed by atoms with Gasteiger partial charge in [0, 0.05) is 35.6 Å². The van der Waals surface area contributed by atoms with Gasteiger partial charge in [0.25, 0.3) is 0 Å². The van der Waals surface area contributed by atoms with E-state index in [2.05, 4.69) is 35.3 Å². The molecule has 5 fully saturated rings. The summed E-state index contributed by atoms with van der Waals surface area (Å²) in [6.07, 6.45) is 3.15. The van der Waals surface area contributed by atoms with E-state index in [4.69, 9.17) is 4.74 Å². The highest BCUT2D eigenvalue weighted by Gasteiger charge is 2.82. The lowest BCUT2D eigenvalue weighted by Crippen LogP contribution is -2.71. The second kappa shape index (κ2) is 4.52. The Morgan fingerprint density at radius 3 is 3.00 bits per heavy atom. The van der Waals surface area contributed by atoms with Crippen molar-refractivity contribution in [3.8, 4) is 0 Å². The zero-order chi connectivity index (χ0) is 17.8. The molecule has 1 saturated carbocycles. The van der Waals surface area contributed by atoms with Crippen molar-refractivity contribution in [3.05, 3.63) is 41.5 Å². The fourth-order valence-electron chi connectivity index (χ4n) is 7.49. The Balaban J connectivity index is 1.65. The van der Waals surface area contributed by atoms with E-state index in [9.17, 15) is 9.90 Å². The van der Waals surface area contributed by atoms with Gasteiger partial charge >= 0.3 is 5.97 Å². The molecule has 6 aliphatic rings. The average Bonchev–Trinajstić information content (AvgIpc) is 3.13. The predicted octanol–water partition coefficient (Wildman–Crippen LogP) is 1.68. The van der Waals surface area contributed by atoms with Crippen LogP contribution in [0.3, 0.4) is 0 Å². The van der Waals surface area contributed by atoms with Gasteiger partial charge in [0.2, 0.25) is 0 Å². The van der Waals surface area contributed by atoms with Crippen molar-refractivity contribution in [2.24, 2.45) is 11.3 Å². The summed E-state index contributed by atoms with van der Waals surface area (Å²) < 4.78 is 5.34. The molecule has 5 bridgehead atoms. The lowest BCUT2D eigenvalue weighted by Gasteiger charge is -2.60. The summed E-state index contributed by atoms with van der Waals surface area (Å²) in [6, 6.07) is 8.89. The van der Waals surface area contributed by atoms with Gasteiger partial charge in [-0.05, 0) is 31.4 Å². The number of ether oxygens (including phenoxy) is 1. The maximum atomic E-state index is 13.2. The van der Waals surface area contributed by atoms with E-state index in [1.54, 1.807) is 0 Å². The third-order valence-electron chi connectivity index (χ3n) is 8.30. The Labute approximate surface area is 153 Å². The van der Waals surface area contributed by atoms with Crippen LogP contribution in [-0.4, -0.2) is 53.9 Å². The molecular formula is C21H24N2O3. The van der Waals surface area contributed by atoms with Crippen LogP contribution in [0.15, 0.2) is 35.9 Å². The number of methoxy groups -OCH3 is 1. The van der Waals surface area contributed by atoms with E-state index in [0.717, 1.165) is 25.1 Å². The van der Waals surface area contributed by atoms with Crippen molar-refractivity contribution in [2.75, 3.05) is 19.0 Å². The molecule has 0 amide bonds. The third kappa shape index (κ3) is 1.28. The maximum Gasteiger partial charge on any atom is 0.316 e. The number of benzene rings is 1. The lowest BCUT2D eigenvalue weighted by atomic mass is 9.58. The first-order valence-electron chi connectivity index (χ1n) is 9.64. The van der Waals surface area contributed by atoms with Crippen LogP contribution in [0.2, 0.25) is 0 Å². The number of fused-ring (bicyclic) bond motifs is 2. The zero-order valence-electron chi connectivity index (χ0n) is 15.1. The van der Waals surface area contributed by atoms with Crippen LogP contribution < -0.4 is 5.32 Å². The molecule has 5 heterocycles. The number of carbonyl (C=O) groups is 1. The predicted molar refractivity (Wildman–Crippen MR) is 96.7 cm³/mol. The standard InChI is InChI=1S/C21H24N2O3/c1-3-11-10-23-15-8-13(11)21(19(25)26-2)16(23)9-20(18(21)24)12-6-4-5-7-14(12)22-17(15)20/h3-7,13,15-18,22,24H,8-10H2,1-2H3/b11-3-/t13-,15-,16?,17+,18-,20+,21?/m0/s1. The van der Waals surface area contributed by atoms with Gasteiger partial charge in [0.1, 0.15) is 5.41 Å². The summed E-state index contributed by atoms with van der Waals surface area (Å²) in [4.78, 5) is 15.7. The van der Waals surface area contributed by atoms with Crippen LogP contribution in [0, 0.1) is 11.3 Å². The number of nitrogens with zero attached hydrogens (tertiary/aromatic N) is 1. The molecule has 0 radical (unpaired) electrons. The number of para-hydroxylation sites is 1. The fourth-order valence-corrected chi connectivity index (χ4v) is 7.49. The number of nitrogens with one attached hydrogen (secondary N) is 1. The van der Waals surface area contributed by atoms with Crippen LogP contribution in [-0.2, 0) is 14.9 Å². The van der Waals surface area contributed by atoms with E-state index in [0.29, 0.717) is 6.04 Å². The SMILES string of the molecule is C/C=C1/CN2C3C[C@@]45c6ccccc6N[C@@H]4[C@@H]2C[C@@H]1C3(C(=O)OC)[C@H]5O. The number of allylic oxidation sites excluding steroid dienone is 1. The fraction of sp³-hybridized carbons (Fsp3) is 0.571. The number of aliphatic hydroxyl groups excluding tert-OH is 1. The molecule has 4 saturated heterocycles. The molecule has 1 aromatic rings. The summed E-state index contributed by atoms with van der Waals surface area (Å²) in [5, 5.41) is 15.6. The Hall–Kier alpha value is -1.85. The normalized spacial score (nSPS) is 50.5. The van der Waals surface area contributed by atoms with E-state index < -0.39 is 16.9 Å². The van der Waals surface area contributed by atoms with Gasteiger partial charge in [0.05, 0.1) is 19.3 Å². The minimum absolute atomic E-state index is 0.0570. The van der Waals surface area contributed by atoms with Gasteiger partial charge in [-0.15, -0.1) is 0 Å². The third-order valence-corrected chi connectivity index (χ3v) is 8.30. The minimum Gasteiger partial charge on any atom is -0.468 e. The number of anilines is 1. The van der Waals surface area contributed by atoms with Gasteiger partial charge in [0.15, 0.2) is 0 Å². The summed E-state index contributed by atoms with van der Waals surface area (Å²) >= 11 is 0. The molecule has 2 N–H and O–H groups in total. The van der Waals surface area contributed by atoms with Crippen molar-refractivity contribution in [1.82, 2.24) is 4.90 Å². The quantitative estimate of drug-likeness (QED) is 0.595. The Kier molecular flexibility index (Phi) is 2.65. The molecule has 5 nitrogen and oxygen atoms in total. The Morgan fingerprint density at radius 1 is 1.42 bits per heavy atom. The second-order valence-corrected chi connectivity index (χ2v) is 8.65. The molecule has 7 rings (SSSR count). The topological polar surface area (TPSA) is 61.8 Å². The van der Waals surface area contributed by atoms with Crippen molar-refractivity contribution in [3.63, 3.8) is 0 Å². The smallest absolute Gasteiger partial charge is 0.316 e. The van der Waals surface area contributed by atoms with Crippen LogP contribution in [0.4, 0.5) is 5.69 Å². The first-order valence-corrected chi connectivity index (χ1v) is 9.64. The number of aliphatic hydroxyl groups is 1. The average molecular weight is 352 g/mol. The number of rotatable bonds is 1. The molecule has 3 unspecified atom stereocenters. The maximum absolute atomic E-state index is 13.2. The van der Waals surface area contributed by atoms with Crippen LogP contribution in [0.25, 0.3) is 0 Å². The summed E-state index contributed by atoms with van der Waals surface area (Å²) in [5.41, 5.74) is 2.34. The first kappa shape index (κ1) is 15.2. The molecular weight excluding hydrogens is 328 g/mol. The first-order chi connectivity index (χ1) is 12.6. The van der Waals surface area contributed by atoms with E-state index in [1.807, 2.05) is 12.1 Å². The second-order valence-electron chi connectivity index (χ2n) is 8.65.